The largest absolute Gasteiger partial charge is 0.451 e. The van der Waals surface area contributed by atoms with Gasteiger partial charge >= 0.3 is 0 Å². The number of rotatable bonds is 6. The van der Waals surface area contributed by atoms with Crippen LogP contribution in [0.5, 0.6) is 11.5 Å². The molecule has 0 bridgehead atoms. The van der Waals surface area contributed by atoms with Gasteiger partial charge in [-0.25, -0.2) is 14.4 Å². The summed E-state index contributed by atoms with van der Waals surface area (Å²) in [6.45, 7) is 2.61. The number of anilines is 2. The molecule has 6 aromatic rings. The van der Waals surface area contributed by atoms with Gasteiger partial charge in [-0.2, -0.15) is 0 Å². The number of nitrogens with one attached hydrogen (secondary N) is 2. The number of benzene rings is 3. The standard InChI is InChI=1S/C38H33FN8O4/c39-28-19-26-33-36(34(28)46-13-10-24(21-46)43-32(48)18-23-20-42-29-7-2-1-6-25(23)29)51-31-9-4-3-8-30(31)47(33)22-27(35(26)49)37(50)44-14-16-45(17-15-44)38-40-11-5-12-41-38/h1-9,11-12,19-20,22,24,42H,10,13-18,21H2,(H,43,48). The Morgan fingerprint density at radius 1 is 0.941 bits per heavy atom. The molecule has 0 spiro atoms. The molecule has 0 radical (unpaired) electrons. The Hall–Kier alpha value is -6.24. The first-order valence-electron chi connectivity index (χ1n) is 17.0. The highest BCUT2D eigenvalue weighted by atomic mass is 19.1. The average molecular weight is 685 g/mol. The van der Waals surface area contributed by atoms with Crippen molar-refractivity contribution < 1.29 is 18.7 Å². The monoisotopic (exact) mass is 684 g/mol. The SMILES string of the molecule is O=C(Cc1c[nH]c2ccccc12)NC1CCN(c2c(F)cc3c(=O)c(C(=O)N4CCN(c5ncccn5)CC4)cn4c3c2Oc2ccccc2-4)C1. The Morgan fingerprint density at radius 2 is 1.73 bits per heavy atom. The van der Waals surface area contributed by atoms with E-state index >= 15 is 4.39 Å². The second-order valence-corrected chi connectivity index (χ2v) is 13.1. The molecule has 51 heavy (non-hydrogen) atoms. The molecule has 0 aliphatic carbocycles. The van der Waals surface area contributed by atoms with Crippen LogP contribution in [0.15, 0.2) is 90.2 Å². The average Bonchev–Trinajstić information content (AvgIpc) is 3.79. The fourth-order valence-electron chi connectivity index (χ4n) is 7.55. The van der Waals surface area contributed by atoms with Gasteiger partial charge in [-0.15, -0.1) is 0 Å². The smallest absolute Gasteiger partial charge is 0.259 e. The van der Waals surface area contributed by atoms with Gasteiger partial charge in [0.1, 0.15) is 16.8 Å². The molecule has 3 aromatic carbocycles. The highest BCUT2D eigenvalue weighted by Crippen LogP contribution is 2.47. The molecular formula is C38H33FN8O4. The lowest BCUT2D eigenvalue weighted by Crippen LogP contribution is -2.50. The second kappa shape index (κ2) is 12.3. The number of fused-ring (bicyclic) bond motifs is 3. The molecule has 12 nitrogen and oxygen atoms in total. The van der Waals surface area contributed by atoms with Crippen LogP contribution in [0.2, 0.25) is 0 Å². The van der Waals surface area contributed by atoms with Crippen molar-refractivity contribution in [3.63, 3.8) is 0 Å². The number of carbonyl (C=O) groups excluding carboxylic acids is 2. The van der Waals surface area contributed by atoms with Crippen molar-refractivity contribution in [3.05, 3.63) is 113 Å². The molecule has 1 atom stereocenters. The lowest BCUT2D eigenvalue weighted by Gasteiger charge is -2.35. The normalized spacial score (nSPS) is 16.7. The van der Waals surface area contributed by atoms with Crippen molar-refractivity contribution in [1.82, 2.24) is 29.7 Å². The topological polar surface area (TPSA) is 129 Å². The van der Waals surface area contributed by atoms with Crippen molar-refractivity contribution in [2.45, 2.75) is 18.9 Å². The third kappa shape index (κ3) is 5.32. The third-order valence-electron chi connectivity index (χ3n) is 10.0. The van der Waals surface area contributed by atoms with Crippen molar-refractivity contribution >= 4 is 45.3 Å². The van der Waals surface area contributed by atoms with Crippen LogP contribution in [0.1, 0.15) is 22.3 Å². The Balaban J connectivity index is 1.01. The van der Waals surface area contributed by atoms with Crippen LogP contribution in [-0.2, 0) is 11.2 Å². The first-order valence-corrected chi connectivity index (χ1v) is 17.0. The number of aromatic nitrogens is 4. The summed E-state index contributed by atoms with van der Waals surface area (Å²) in [6, 6.07) is 17.9. The molecule has 3 aliphatic rings. The zero-order valence-corrected chi connectivity index (χ0v) is 27.5. The van der Waals surface area contributed by atoms with Crippen LogP contribution in [0.25, 0.3) is 27.5 Å². The zero-order chi connectivity index (χ0) is 34.6. The van der Waals surface area contributed by atoms with E-state index in [1.807, 2.05) is 58.5 Å². The van der Waals surface area contributed by atoms with E-state index in [1.54, 1.807) is 40.2 Å². The molecule has 2 saturated heterocycles. The summed E-state index contributed by atoms with van der Waals surface area (Å²) in [5.74, 6) is 0.110. The molecule has 9 rings (SSSR count). The van der Waals surface area contributed by atoms with Gasteiger partial charge in [-0.3, -0.25) is 14.4 Å². The van der Waals surface area contributed by atoms with E-state index in [0.717, 1.165) is 16.5 Å². The maximum Gasteiger partial charge on any atom is 0.259 e. The van der Waals surface area contributed by atoms with E-state index < -0.39 is 17.2 Å². The number of piperazine rings is 1. The highest BCUT2D eigenvalue weighted by Gasteiger charge is 2.35. The van der Waals surface area contributed by atoms with Crippen LogP contribution >= 0.6 is 0 Å². The maximum absolute atomic E-state index is 16.3. The molecule has 2 fully saturated rings. The zero-order valence-electron chi connectivity index (χ0n) is 27.5. The number of pyridine rings is 1. The minimum atomic E-state index is -0.632. The maximum atomic E-state index is 16.3. The molecule has 256 valence electrons. The quantitative estimate of drug-likeness (QED) is 0.264. The van der Waals surface area contributed by atoms with Crippen LogP contribution in [0.3, 0.4) is 0 Å². The van der Waals surface area contributed by atoms with E-state index in [0.29, 0.717) is 68.6 Å². The summed E-state index contributed by atoms with van der Waals surface area (Å²) >= 11 is 0. The summed E-state index contributed by atoms with van der Waals surface area (Å²) in [7, 11) is 0. The molecule has 0 saturated carbocycles. The number of ether oxygens (including phenoxy) is 1. The Labute approximate surface area is 291 Å². The van der Waals surface area contributed by atoms with Gasteiger partial charge in [0.2, 0.25) is 17.3 Å². The first kappa shape index (κ1) is 30.8. The molecule has 2 amide bonds. The fourth-order valence-corrected chi connectivity index (χ4v) is 7.55. The van der Waals surface area contributed by atoms with Gasteiger partial charge in [-0.05, 0) is 42.3 Å². The minimum absolute atomic E-state index is 0.0409. The fraction of sp³-hybridized carbons (Fsp3) is 0.237. The van der Waals surface area contributed by atoms with Crippen LogP contribution < -0.4 is 25.3 Å². The molecule has 6 heterocycles. The van der Waals surface area contributed by atoms with Gasteiger partial charge in [0.15, 0.2) is 17.3 Å². The lowest BCUT2D eigenvalue weighted by molar-refractivity contribution is -0.121. The number of H-pyrrole nitrogens is 1. The number of hydrogen-bond acceptors (Lipinski definition) is 8. The van der Waals surface area contributed by atoms with Crippen LogP contribution in [-0.4, -0.2) is 81.5 Å². The molecule has 3 aliphatic heterocycles. The molecule has 13 heteroatoms. The van der Waals surface area contributed by atoms with Gasteiger partial charge in [0, 0.05) is 81.0 Å². The minimum Gasteiger partial charge on any atom is -0.451 e. The number of carbonyl (C=O) groups is 2. The third-order valence-corrected chi connectivity index (χ3v) is 10.0. The Bertz CT molecular complexity index is 2400. The summed E-state index contributed by atoms with van der Waals surface area (Å²) in [6.07, 6.45) is 7.60. The van der Waals surface area contributed by atoms with E-state index in [1.165, 1.54) is 6.07 Å². The number of nitrogens with zero attached hydrogens (tertiary/aromatic N) is 6. The number of amides is 2. The van der Waals surface area contributed by atoms with E-state index in [2.05, 4.69) is 20.3 Å². The Morgan fingerprint density at radius 3 is 2.57 bits per heavy atom. The summed E-state index contributed by atoms with van der Waals surface area (Å²) in [4.78, 5) is 58.4. The number of aromatic amines is 1. The van der Waals surface area contributed by atoms with Gasteiger partial charge < -0.3 is 34.3 Å². The van der Waals surface area contributed by atoms with Crippen molar-refractivity contribution in [2.24, 2.45) is 0 Å². The molecule has 1 unspecified atom stereocenters. The van der Waals surface area contributed by atoms with Gasteiger partial charge in [-0.1, -0.05) is 30.3 Å². The molecular weight excluding hydrogens is 651 g/mol. The predicted molar refractivity (Wildman–Crippen MR) is 190 cm³/mol. The summed E-state index contributed by atoms with van der Waals surface area (Å²) in [5, 5.41) is 4.19. The van der Waals surface area contributed by atoms with E-state index in [-0.39, 0.29) is 40.8 Å². The number of halogens is 1. The lowest BCUT2D eigenvalue weighted by atomic mass is 10.0. The van der Waals surface area contributed by atoms with Crippen molar-refractivity contribution in [3.8, 4) is 17.2 Å². The van der Waals surface area contributed by atoms with Gasteiger partial charge in [0.25, 0.3) is 5.91 Å². The number of hydrogen-bond donors (Lipinski definition) is 2. The van der Waals surface area contributed by atoms with E-state index in [9.17, 15) is 14.4 Å². The first-order chi connectivity index (χ1) is 24.9. The van der Waals surface area contributed by atoms with Crippen molar-refractivity contribution in [2.75, 3.05) is 49.1 Å². The molecule has 3 aromatic heterocycles. The Kier molecular flexibility index (Phi) is 7.41. The van der Waals surface area contributed by atoms with Crippen LogP contribution in [0, 0.1) is 5.82 Å². The molecule has 2 N–H and O–H groups in total. The van der Waals surface area contributed by atoms with Gasteiger partial charge in [0.05, 0.1) is 17.5 Å². The van der Waals surface area contributed by atoms with E-state index in [4.69, 9.17) is 4.74 Å². The van der Waals surface area contributed by atoms with Crippen molar-refractivity contribution in [1.29, 1.82) is 0 Å². The number of para-hydroxylation sites is 3. The van der Waals surface area contributed by atoms with Crippen LogP contribution in [0.4, 0.5) is 16.0 Å². The highest BCUT2D eigenvalue weighted by molar-refractivity contribution is 6.01. The predicted octanol–water partition coefficient (Wildman–Crippen LogP) is 4.41. The second-order valence-electron chi connectivity index (χ2n) is 13.1. The summed E-state index contributed by atoms with van der Waals surface area (Å²) < 4.78 is 24.5. The summed E-state index contributed by atoms with van der Waals surface area (Å²) in [5.41, 5.74) is 2.54.